The molecule has 0 bridgehead atoms. The minimum absolute atomic E-state index is 0.0691. The molecule has 18 heavy (non-hydrogen) atoms. The van der Waals surface area contributed by atoms with Crippen molar-refractivity contribution in [2.24, 2.45) is 11.7 Å². The Hall–Kier alpha value is -0.820. The maximum Gasteiger partial charge on any atom is 0.0412 e. The van der Waals surface area contributed by atoms with Gasteiger partial charge in [-0.25, -0.2) is 0 Å². The lowest BCUT2D eigenvalue weighted by Gasteiger charge is -2.39. The molecule has 1 aromatic carbocycles. The Balaban J connectivity index is 2.16. The van der Waals surface area contributed by atoms with Crippen LogP contribution in [-0.4, -0.2) is 0 Å². The first-order valence-corrected chi connectivity index (χ1v) is 7.42. The Morgan fingerprint density at radius 1 is 1.22 bits per heavy atom. The molecule has 1 aromatic rings. The number of benzene rings is 1. The maximum atomic E-state index is 6.71. The molecule has 100 valence electrons. The summed E-state index contributed by atoms with van der Waals surface area (Å²) in [4.78, 5) is 0. The fourth-order valence-corrected chi connectivity index (χ4v) is 3.45. The first-order valence-electron chi connectivity index (χ1n) is 7.42. The fraction of sp³-hybridized carbons (Fsp3) is 0.647. The van der Waals surface area contributed by atoms with E-state index in [0.29, 0.717) is 0 Å². The van der Waals surface area contributed by atoms with Gasteiger partial charge in [0, 0.05) is 5.54 Å². The van der Waals surface area contributed by atoms with E-state index in [2.05, 4.69) is 39.0 Å². The first kappa shape index (κ1) is 13.6. The summed E-state index contributed by atoms with van der Waals surface area (Å²) >= 11 is 0. The lowest BCUT2D eigenvalue weighted by Crippen LogP contribution is -2.41. The van der Waals surface area contributed by atoms with Crippen molar-refractivity contribution in [3.05, 3.63) is 34.9 Å². The van der Waals surface area contributed by atoms with Gasteiger partial charge in [-0.1, -0.05) is 38.0 Å². The van der Waals surface area contributed by atoms with Crippen LogP contribution < -0.4 is 5.73 Å². The second kappa shape index (κ2) is 5.44. The van der Waals surface area contributed by atoms with Gasteiger partial charge in [-0.2, -0.15) is 0 Å². The third kappa shape index (κ3) is 2.61. The molecule has 0 radical (unpaired) electrons. The van der Waals surface area contributed by atoms with Gasteiger partial charge in [0.25, 0.3) is 0 Å². The van der Waals surface area contributed by atoms with E-state index in [-0.39, 0.29) is 5.54 Å². The van der Waals surface area contributed by atoms with E-state index in [0.717, 1.165) is 18.8 Å². The molecular formula is C17H27N. The molecule has 1 aliphatic rings. The molecule has 2 N–H and O–H groups in total. The molecule has 2 rings (SSSR count). The molecule has 1 saturated carbocycles. The molecule has 0 spiro atoms. The van der Waals surface area contributed by atoms with Crippen LogP contribution in [0, 0.1) is 19.8 Å². The van der Waals surface area contributed by atoms with Crippen LogP contribution in [0.3, 0.4) is 0 Å². The van der Waals surface area contributed by atoms with Crippen molar-refractivity contribution in [3.8, 4) is 0 Å². The van der Waals surface area contributed by atoms with E-state index >= 15 is 0 Å². The molecule has 1 heteroatoms. The Morgan fingerprint density at radius 2 is 1.89 bits per heavy atom. The highest BCUT2D eigenvalue weighted by Gasteiger charge is 2.33. The van der Waals surface area contributed by atoms with Gasteiger partial charge in [-0.15, -0.1) is 0 Å². The quantitative estimate of drug-likeness (QED) is 0.836. The molecular weight excluding hydrogens is 218 g/mol. The van der Waals surface area contributed by atoms with E-state index < -0.39 is 0 Å². The van der Waals surface area contributed by atoms with Crippen LogP contribution >= 0.6 is 0 Å². The molecule has 0 aromatic heterocycles. The number of hydrogen-bond acceptors (Lipinski definition) is 1. The highest BCUT2D eigenvalue weighted by molar-refractivity contribution is 5.38. The summed E-state index contributed by atoms with van der Waals surface area (Å²) in [5.41, 5.74) is 10.8. The highest BCUT2D eigenvalue weighted by Crippen LogP contribution is 2.40. The van der Waals surface area contributed by atoms with Crippen LogP contribution in [0.2, 0.25) is 0 Å². The summed E-state index contributed by atoms with van der Waals surface area (Å²) in [6, 6.07) is 6.58. The third-order valence-corrected chi connectivity index (χ3v) is 4.84. The Bertz CT molecular complexity index is 400. The van der Waals surface area contributed by atoms with Crippen LogP contribution in [0.5, 0.6) is 0 Å². The van der Waals surface area contributed by atoms with Gasteiger partial charge in [0.2, 0.25) is 0 Å². The van der Waals surface area contributed by atoms with Crippen LogP contribution in [0.4, 0.5) is 0 Å². The van der Waals surface area contributed by atoms with Crippen molar-refractivity contribution in [1.29, 1.82) is 0 Å². The lowest BCUT2D eigenvalue weighted by atomic mass is 9.71. The zero-order chi connectivity index (χ0) is 13.2. The largest absolute Gasteiger partial charge is 0.321 e. The average molecular weight is 245 g/mol. The SMILES string of the molecule is CCCC1CCC(N)(c2cccc(C)c2C)CC1. The molecule has 1 aliphatic carbocycles. The summed E-state index contributed by atoms with van der Waals surface area (Å²) in [5, 5.41) is 0. The van der Waals surface area contributed by atoms with Gasteiger partial charge in [0.05, 0.1) is 0 Å². The average Bonchev–Trinajstić information content (AvgIpc) is 2.36. The van der Waals surface area contributed by atoms with E-state index in [4.69, 9.17) is 5.73 Å². The van der Waals surface area contributed by atoms with Crippen LogP contribution in [0.15, 0.2) is 18.2 Å². The van der Waals surface area contributed by atoms with Gasteiger partial charge in [-0.3, -0.25) is 0 Å². The minimum atomic E-state index is -0.0691. The molecule has 1 nitrogen and oxygen atoms in total. The van der Waals surface area contributed by atoms with Crippen LogP contribution in [-0.2, 0) is 5.54 Å². The van der Waals surface area contributed by atoms with E-state index in [9.17, 15) is 0 Å². The normalized spacial score (nSPS) is 28.3. The molecule has 0 unspecified atom stereocenters. The van der Waals surface area contributed by atoms with Gasteiger partial charge in [0.15, 0.2) is 0 Å². The van der Waals surface area contributed by atoms with E-state index in [1.54, 1.807) is 0 Å². The fourth-order valence-electron chi connectivity index (χ4n) is 3.45. The number of aryl methyl sites for hydroxylation is 1. The van der Waals surface area contributed by atoms with Gasteiger partial charge in [-0.05, 0) is 62.1 Å². The predicted molar refractivity (Wildman–Crippen MR) is 78.6 cm³/mol. The second-order valence-corrected chi connectivity index (χ2v) is 6.14. The number of hydrogen-bond donors (Lipinski definition) is 1. The van der Waals surface area contributed by atoms with Crippen molar-refractivity contribution in [3.63, 3.8) is 0 Å². The molecule has 0 heterocycles. The van der Waals surface area contributed by atoms with Crippen LogP contribution in [0.1, 0.15) is 62.1 Å². The molecule has 0 atom stereocenters. The Kier molecular flexibility index (Phi) is 4.11. The summed E-state index contributed by atoms with van der Waals surface area (Å²) in [6.07, 6.45) is 7.61. The smallest absolute Gasteiger partial charge is 0.0412 e. The zero-order valence-corrected chi connectivity index (χ0v) is 12.1. The molecule has 1 fully saturated rings. The summed E-state index contributed by atoms with van der Waals surface area (Å²) in [7, 11) is 0. The van der Waals surface area contributed by atoms with E-state index in [1.807, 2.05) is 0 Å². The van der Waals surface area contributed by atoms with Crippen molar-refractivity contribution < 1.29 is 0 Å². The zero-order valence-electron chi connectivity index (χ0n) is 12.1. The summed E-state index contributed by atoms with van der Waals surface area (Å²) in [6.45, 7) is 6.69. The van der Waals surface area contributed by atoms with Gasteiger partial charge in [0.1, 0.15) is 0 Å². The van der Waals surface area contributed by atoms with Gasteiger partial charge < -0.3 is 5.73 Å². The van der Waals surface area contributed by atoms with Crippen LogP contribution in [0.25, 0.3) is 0 Å². The summed E-state index contributed by atoms with van der Waals surface area (Å²) < 4.78 is 0. The van der Waals surface area contributed by atoms with Gasteiger partial charge >= 0.3 is 0 Å². The number of nitrogens with two attached hydrogens (primary N) is 1. The minimum Gasteiger partial charge on any atom is -0.321 e. The van der Waals surface area contributed by atoms with Crippen molar-refractivity contribution >= 4 is 0 Å². The molecule has 0 saturated heterocycles. The molecule has 0 aliphatic heterocycles. The van der Waals surface area contributed by atoms with Crippen molar-refractivity contribution in [2.75, 3.05) is 0 Å². The molecule has 0 amide bonds. The monoisotopic (exact) mass is 245 g/mol. The third-order valence-electron chi connectivity index (χ3n) is 4.84. The second-order valence-electron chi connectivity index (χ2n) is 6.14. The Morgan fingerprint density at radius 3 is 2.50 bits per heavy atom. The first-order chi connectivity index (χ1) is 8.57. The van der Waals surface area contributed by atoms with E-state index in [1.165, 1.54) is 42.4 Å². The predicted octanol–water partition coefficient (Wildman–Crippen LogP) is 4.45. The highest BCUT2D eigenvalue weighted by atomic mass is 14.7. The number of rotatable bonds is 3. The van der Waals surface area contributed by atoms with Crippen molar-refractivity contribution in [1.82, 2.24) is 0 Å². The van der Waals surface area contributed by atoms with Crippen molar-refractivity contribution in [2.45, 2.75) is 64.8 Å². The maximum absolute atomic E-state index is 6.71. The Labute approximate surface area is 112 Å². The lowest BCUT2D eigenvalue weighted by molar-refractivity contribution is 0.225. The summed E-state index contributed by atoms with van der Waals surface area (Å²) in [5.74, 6) is 0.914. The standard InChI is InChI=1S/C17H27N/c1-4-6-15-9-11-17(18,12-10-15)16-8-5-7-13(2)14(16)3/h5,7-8,15H,4,6,9-12,18H2,1-3H3. The topological polar surface area (TPSA) is 26.0 Å².